The van der Waals surface area contributed by atoms with Gasteiger partial charge in [-0.05, 0) is 30.2 Å². The number of nitrogens with zero attached hydrogens (tertiary/aromatic N) is 2. The minimum atomic E-state index is -4.49. The Morgan fingerprint density at radius 2 is 2.04 bits per heavy atom. The molecule has 1 heterocycles. The van der Waals surface area contributed by atoms with Crippen LogP contribution in [0.2, 0.25) is 0 Å². The molecular weight excluding hydrogens is 359 g/mol. The molecule has 0 aliphatic heterocycles. The van der Waals surface area contributed by atoms with Crippen LogP contribution in [-0.4, -0.2) is 21.6 Å². The zero-order valence-electron chi connectivity index (χ0n) is 12.7. The normalized spacial score (nSPS) is 12.8. The van der Waals surface area contributed by atoms with Gasteiger partial charge in [-0.1, -0.05) is 17.8 Å². The average molecular weight is 373 g/mol. The van der Waals surface area contributed by atoms with Crippen molar-refractivity contribution in [1.29, 1.82) is 0 Å². The molecule has 0 radical (unpaired) electrons. The zero-order valence-corrected chi connectivity index (χ0v) is 13.5. The van der Waals surface area contributed by atoms with Crippen molar-refractivity contribution in [3.05, 3.63) is 57.8 Å². The second-order valence-electron chi connectivity index (χ2n) is 5.09. The van der Waals surface area contributed by atoms with Crippen LogP contribution in [0.25, 0.3) is 0 Å². The van der Waals surface area contributed by atoms with E-state index in [2.05, 4.69) is 4.98 Å². The fraction of sp³-hybridized carbons (Fsp3) is 0.267. The van der Waals surface area contributed by atoms with Crippen LogP contribution in [0.1, 0.15) is 23.6 Å². The van der Waals surface area contributed by atoms with Gasteiger partial charge in [-0.3, -0.25) is 10.1 Å². The van der Waals surface area contributed by atoms with Gasteiger partial charge in [0.15, 0.2) is 0 Å². The van der Waals surface area contributed by atoms with Crippen molar-refractivity contribution in [2.45, 2.75) is 28.6 Å². The van der Waals surface area contributed by atoms with E-state index in [9.17, 15) is 23.3 Å². The number of alkyl halides is 3. The number of nitro groups is 1. The Bertz CT molecular complexity index is 754. The van der Waals surface area contributed by atoms with Crippen molar-refractivity contribution in [2.75, 3.05) is 6.61 Å². The fourth-order valence-corrected chi connectivity index (χ4v) is 2.86. The minimum Gasteiger partial charge on any atom is -0.396 e. The first-order chi connectivity index (χ1) is 11.7. The summed E-state index contributed by atoms with van der Waals surface area (Å²) in [6, 6.07) is 5.82. The van der Waals surface area contributed by atoms with Crippen molar-refractivity contribution < 1.29 is 23.2 Å². The van der Waals surface area contributed by atoms with Gasteiger partial charge in [-0.15, -0.1) is 0 Å². The Labute approximate surface area is 145 Å². The summed E-state index contributed by atoms with van der Waals surface area (Å²) in [5.41, 5.74) is 5.20. The van der Waals surface area contributed by atoms with Crippen LogP contribution >= 0.6 is 11.8 Å². The van der Waals surface area contributed by atoms with Crippen LogP contribution in [0, 0.1) is 10.1 Å². The Hall–Kier alpha value is -2.17. The molecule has 0 amide bonds. The molecule has 2 rings (SSSR count). The Morgan fingerprint density at radius 1 is 1.32 bits per heavy atom. The second-order valence-corrected chi connectivity index (χ2v) is 6.15. The smallest absolute Gasteiger partial charge is 0.396 e. The van der Waals surface area contributed by atoms with Gasteiger partial charge in [0.2, 0.25) is 0 Å². The molecule has 3 N–H and O–H groups in total. The monoisotopic (exact) mass is 373 g/mol. The lowest BCUT2D eigenvalue weighted by atomic mass is 10.0. The number of nitro benzene ring substituents is 1. The largest absolute Gasteiger partial charge is 0.417 e. The highest BCUT2D eigenvalue weighted by molar-refractivity contribution is 7.99. The van der Waals surface area contributed by atoms with Gasteiger partial charge in [-0.25, -0.2) is 4.98 Å². The molecule has 2 aromatic rings. The Balaban J connectivity index is 2.28. The van der Waals surface area contributed by atoms with Gasteiger partial charge in [0, 0.05) is 24.9 Å². The quantitative estimate of drug-likeness (QED) is 0.593. The number of benzene rings is 1. The van der Waals surface area contributed by atoms with Crippen LogP contribution in [0.4, 0.5) is 18.9 Å². The van der Waals surface area contributed by atoms with Gasteiger partial charge in [0.05, 0.1) is 15.4 Å². The molecule has 0 bridgehead atoms. The SMILES string of the molecule is NC(CCO)c1ccc(Sc2ccc(C(F)(F)F)cn2)c([N+](=O)[O-])c1. The molecule has 134 valence electrons. The van der Waals surface area contributed by atoms with E-state index in [1.54, 1.807) is 6.07 Å². The highest BCUT2D eigenvalue weighted by Crippen LogP contribution is 2.36. The first-order valence-corrected chi connectivity index (χ1v) is 7.90. The molecule has 25 heavy (non-hydrogen) atoms. The number of pyridine rings is 1. The average Bonchev–Trinajstić information content (AvgIpc) is 2.55. The highest BCUT2D eigenvalue weighted by atomic mass is 32.2. The topological polar surface area (TPSA) is 102 Å². The molecule has 10 heteroatoms. The summed E-state index contributed by atoms with van der Waals surface area (Å²) in [4.78, 5) is 14.6. The molecule has 0 saturated heterocycles. The van der Waals surface area contributed by atoms with Crippen LogP contribution in [-0.2, 0) is 6.18 Å². The van der Waals surface area contributed by atoms with Crippen LogP contribution in [0.5, 0.6) is 0 Å². The number of aliphatic hydroxyl groups excluding tert-OH is 1. The number of hydrogen-bond donors (Lipinski definition) is 2. The number of hydrogen-bond acceptors (Lipinski definition) is 6. The van der Waals surface area contributed by atoms with E-state index in [0.29, 0.717) is 11.8 Å². The summed E-state index contributed by atoms with van der Waals surface area (Å²) in [6.45, 7) is -0.152. The van der Waals surface area contributed by atoms with E-state index >= 15 is 0 Å². The number of aromatic nitrogens is 1. The summed E-state index contributed by atoms with van der Waals surface area (Å²) < 4.78 is 37.6. The molecule has 0 spiro atoms. The van der Waals surface area contributed by atoms with Crippen LogP contribution in [0.15, 0.2) is 46.5 Å². The lowest BCUT2D eigenvalue weighted by Crippen LogP contribution is -2.12. The maximum absolute atomic E-state index is 12.5. The van der Waals surface area contributed by atoms with Crippen molar-refractivity contribution in [3.8, 4) is 0 Å². The molecule has 1 aromatic carbocycles. The maximum atomic E-state index is 12.5. The molecule has 0 fully saturated rings. The molecule has 1 unspecified atom stereocenters. The third-order valence-electron chi connectivity index (χ3n) is 3.33. The third kappa shape index (κ3) is 4.91. The van der Waals surface area contributed by atoms with Crippen molar-refractivity contribution >= 4 is 17.4 Å². The highest BCUT2D eigenvalue weighted by Gasteiger charge is 2.30. The number of halogens is 3. The standard InChI is InChI=1S/C15H14F3N3O3S/c16-15(17,18)10-2-4-14(20-8-10)25-13-3-1-9(11(19)5-6-22)7-12(13)21(23)24/h1-4,7-8,11,22H,5-6,19H2. The van der Waals surface area contributed by atoms with Gasteiger partial charge in [0.1, 0.15) is 5.03 Å². The predicted molar refractivity (Wildman–Crippen MR) is 85.1 cm³/mol. The third-order valence-corrected chi connectivity index (χ3v) is 4.34. The molecule has 0 saturated carbocycles. The zero-order chi connectivity index (χ0) is 18.6. The van der Waals surface area contributed by atoms with Gasteiger partial charge < -0.3 is 10.8 Å². The molecule has 0 aliphatic carbocycles. The maximum Gasteiger partial charge on any atom is 0.417 e. The van der Waals surface area contributed by atoms with Gasteiger partial charge in [0.25, 0.3) is 5.69 Å². The first-order valence-electron chi connectivity index (χ1n) is 7.08. The van der Waals surface area contributed by atoms with E-state index in [-0.39, 0.29) is 28.6 Å². The summed E-state index contributed by atoms with van der Waals surface area (Å²) in [5, 5.41) is 20.4. The lowest BCUT2D eigenvalue weighted by Gasteiger charge is -2.11. The molecule has 0 aliphatic rings. The van der Waals surface area contributed by atoms with E-state index in [1.165, 1.54) is 12.1 Å². The fourth-order valence-electron chi connectivity index (χ4n) is 2.02. The second kappa shape index (κ2) is 7.81. The van der Waals surface area contributed by atoms with Crippen LogP contribution in [0.3, 0.4) is 0 Å². The summed E-state index contributed by atoms with van der Waals surface area (Å²) >= 11 is 0.885. The predicted octanol–water partition coefficient (Wildman–Crippen LogP) is 3.54. The summed E-state index contributed by atoms with van der Waals surface area (Å²) in [5.74, 6) is 0. The van der Waals surface area contributed by atoms with Crippen molar-refractivity contribution in [3.63, 3.8) is 0 Å². The number of rotatable bonds is 6. The van der Waals surface area contributed by atoms with E-state index in [0.717, 1.165) is 23.9 Å². The first kappa shape index (κ1) is 19.2. The van der Waals surface area contributed by atoms with Gasteiger partial charge in [-0.2, -0.15) is 13.2 Å². The summed E-state index contributed by atoms with van der Waals surface area (Å²) in [6.07, 6.45) is -3.56. The molecular formula is C15H14F3N3O3S. The van der Waals surface area contributed by atoms with E-state index in [1.807, 2.05) is 0 Å². The van der Waals surface area contributed by atoms with Crippen molar-refractivity contribution in [2.24, 2.45) is 5.73 Å². The Kier molecular flexibility index (Phi) is 5.98. The molecule has 1 aromatic heterocycles. The Morgan fingerprint density at radius 3 is 2.56 bits per heavy atom. The van der Waals surface area contributed by atoms with Crippen molar-refractivity contribution in [1.82, 2.24) is 4.98 Å². The van der Waals surface area contributed by atoms with Gasteiger partial charge >= 0.3 is 6.18 Å². The summed E-state index contributed by atoms with van der Waals surface area (Å²) in [7, 11) is 0. The van der Waals surface area contributed by atoms with E-state index < -0.39 is 22.7 Å². The van der Waals surface area contributed by atoms with Crippen LogP contribution < -0.4 is 5.73 Å². The molecule has 6 nitrogen and oxygen atoms in total. The minimum absolute atomic E-state index is 0.152. The number of nitrogens with two attached hydrogens (primary N) is 1. The lowest BCUT2D eigenvalue weighted by molar-refractivity contribution is -0.387. The number of aliphatic hydroxyl groups is 1. The van der Waals surface area contributed by atoms with E-state index in [4.69, 9.17) is 10.8 Å². The molecule has 1 atom stereocenters.